The molecule has 2 aromatic heterocycles. The molecule has 0 saturated carbocycles. The molecule has 4 aromatic rings. The van der Waals surface area contributed by atoms with Crippen molar-refractivity contribution < 1.29 is 4.79 Å². The first kappa shape index (κ1) is 19.1. The molecule has 1 amide bonds. The second kappa shape index (κ2) is 8.45. The smallest absolute Gasteiger partial charge is 0.251 e. The van der Waals surface area contributed by atoms with E-state index in [1.807, 2.05) is 55.6 Å². The quantitative estimate of drug-likeness (QED) is 0.439. The molecule has 146 valence electrons. The minimum absolute atomic E-state index is 0.136. The highest BCUT2D eigenvalue weighted by molar-refractivity contribution is 9.10. The van der Waals surface area contributed by atoms with E-state index in [-0.39, 0.29) is 11.9 Å². The van der Waals surface area contributed by atoms with Crippen LogP contribution in [-0.4, -0.2) is 25.7 Å². The minimum Gasteiger partial charge on any atom is -0.342 e. The Balaban J connectivity index is 1.47. The molecule has 0 spiro atoms. The van der Waals surface area contributed by atoms with Crippen molar-refractivity contribution in [2.45, 2.75) is 19.4 Å². The van der Waals surface area contributed by atoms with Crippen molar-refractivity contribution in [3.05, 3.63) is 89.0 Å². The summed E-state index contributed by atoms with van der Waals surface area (Å²) in [6.07, 6.45) is 6.12. The number of aromatic nitrogens is 4. The zero-order valence-corrected chi connectivity index (χ0v) is 17.4. The maximum absolute atomic E-state index is 12.7. The van der Waals surface area contributed by atoms with Crippen molar-refractivity contribution in [1.29, 1.82) is 0 Å². The summed E-state index contributed by atoms with van der Waals surface area (Å²) in [5, 5.41) is 7.31. The first-order chi connectivity index (χ1) is 14.1. The molecule has 1 atom stereocenters. The monoisotopic (exact) mass is 449 g/mol. The predicted octanol–water partition coefficient (Wildman–Crippen LogP) is 4.91. The highest BCUT2D eigenvalue weighted by Crippen LogP contribution is 2.21. The van der Waals surface area contributed by atoms with Crippen LogP contribution < -0.4 is 5.32 Å². The molecule has 7 heteroatoms. The number of hydrogen-bond donors (Lipinski definition) is 2. The van der Waals surface area contributed by atoms with E-state index in [1.54, 1.807) is 29.2 Å². The predicted molar refractivity (Wildman–Crippen MR) is 116 cm³/mol. The van der Waals surface area contributed by atoms with E-state index in [2.05, 4.69) is 36.3 Å². The molecule has 0 fully saturated rings. The molecule has 0 radical (unpaired) electrons. The number of carbonyl (C=O) groups is 1. The zero-order valence-electron chi connectivity index (χ0n) is 15.8. The molecule has 0 aliphatic carbocycles. The summed E-state index contributed by atoms with van der Waals surface area (Å²) in [6, 6.07) is 17.1. The topological polar surface area (TPSA) is 75.6 Å². The van der Waals surface area contributed by atoms with Gasteiger partial charge in [0.15, 0.2) is 0 Å². The molecular weight excluding hydrogens is 430 g/mol. The van der Waals surface area contributed by atoms with Crippen LogP contribution in [0.2, 0.25) is 0 Å². The maximum atomic E-state index is 12.7. The van der Waals surface area contributed by atoms with Crippen LogP contribution in [0, 0.1) is 0 Å². The summed E-state index contributed by atoms with van der Waals surface area (Å²) in [5.41, 5.74) is 3.47. The number of amides is 1. The number of benzene rings is 2. The van der Waals surface area contributed by atoms with Gasteiger partial charge in [0.1, 0.15) is 5.82 Å². The van der Waals surface area contributed by atoms with Gasteiger partial charge in [0.05, 0.1) is 34.3 Å². The van der Waals surface area contributed by atoms with E-state index in [0.717, 1.165) is 33.7 Å². The number of nitrogens with one attached hydrogen (secondary N) is 2. The first-order valence-electron chi connectivity index (χ1n) is 9.36. The van der Waals surface area contributed by atoms with Gasteiger partial charge in [-0.25, -0.2) is 9.67 Å². The standard InChI is InChI=1S/C22H20BrN5O/c1-2-19(21-24-13-20(26-21)15-6-4-3-5-7-15)27-22(29)16-8-10-18(11-9-16)28-14-17(23)12-25-28/h3-14,19H,2H2,1H3,(H,24,26)(H,27,29). The summed E-state index contributed by atoms with van der Waals surface area (Å²) >= 11 is 3.38. The van der Waals surface area contributed by atoms with Gasteiger partial charge in [0.2, 0.25) is 0 Å². The summed E-state index contributed by atoms with van der Waals surface area (Å²) in [6.45, 7) is 2.02. The van der Waals surface area contributed by atoms with Crippen molar-refractivity contribution >= 4 is 21.8 Å². The number of hydrogen-bond acceptors (Lipinski definition) is 3. The number of halogens is 1. The molecule has 0 aliphatic rings. The van der Waals surface area contributed by atoms with Crippen molar-refractivity contribution in [1.82, 2.24) is 25.1 Å². The second-order valence-electron chi connectivity index (χ2n) is 6.63. The Hall–Kier alpha value is -3.19. The third kappa shape index (κ3) is 4.30. The highest BCUT2D eigenvalue weighted by Gasteiger charge is 2.17. The lowest BCUT2D eigenvalue weighted by Gasteiger charge is -2.15. The Morgan fingerprint density at radius 2 is 1.90 bits per heavy atom. The van der Waals surface area contributed by atoms with Gasteiger partial charge in [0.25, 0.3) is 5.91 Å². The Bertz CT molecular complexity index is 1100. The van der Waals surface area contributed by atoms with E-state index in [0.29, 0.717) is 5.56 Å². The van der Waals surface area contributed by atoms with Crippen LogP contribution in [0.15, 0.2) is 77.7 Å². The van der Waals surface area contributed by atoms with Gasteiger partial charge in [-0.3, -0.25) is 4.79 Å². The number of nitrogens with zero attached hydrogens (tertiary/aromatic N) is 3. The second-order valence-corrected chi connectivity index (χ2v) is 7.55. The number of carbonyl (C=O) groups excluding carboxylic acids is 1. The molecule has 1 unspecified atom stereocenters. The van der Waals surface area contributed by atoms with Crippen LogP contribution >= 0.6 is 15.9 Å². The van der Waals surface area contributed by atoms with E-state index >= 15 is 0 Å². The average Bonchev–Trinajstić information content (AvgIpc) is 3.42. The molecule has 0 saturated heterocycles. The first-order valence-corrected chi connectivity index (χ1v) is 10.1. The third-order valence-electron chi connectivity index (χ3n) is 4.67. The van der Waals surface area contributed by atoms with Crippen LogP contribution in [0.25, 0.3) is 16.9 Å². The van der Waals surface area contributed by atoms with Crippen molar-refractivity contribution in [2.24, 2.45) is 0 Å². The fraction of sp³-hybridized carbons (Fsp3) is 0.136. The van der Waals surface area contributed by atoms with E-state index < -0.39 is 0 Å². The number of aromatic amines is 1. The lowest BCUT2D eigenvalue weighted by molar-refractivity contribution is 0.0934. The Labute approximate surface area is 177 Å². The van der Waals surface area contributed by atoms with Crippen LogP contribution in [0.1, 0.15) is 35.6 Å². The van der Waals surface area contributed by atoms with Crippen molar-refractivity contribution in [2.75, 3.05) is 0 Å². The highest BCUT2D eigenvalue weighted by atomic mass is 79.9. The summed E-state index contributed by atoms with van der Waals surface area (Å²) in [5.74, 6) is 0.612. The van der Waals surface area contributed by atoms with Crippen LogP contribution in [0.3, 0.4) is 0 Å². The molecule has 0 bridgehead atoms. The van der Waals surface area contributed by atoms with Gasteiger partial charge in [-0.05, 0) is 52.2 Å². The average molecular weight is 450 g/mol. The van der Waals surface area contributed by atoms with Crippen LogP contribution in [0.4, 0.5) is 0 Å². The molecule has 6 nitrogen and oxygen atoms in total. The zero-order chi connectivity index (χ0) is 20.2. The molecule has 4 rings (SSSR count). The Morgan fingerprint density at radius 1 is 1.14 bits per heavy atom. The largest absolute Gasteiger partial charge is 0.342 e. The summed E-state index contributed by atoms with van der Waals surface area (Å²) in [4.78, 5) is 20.5. The van der Waals surface area contributed by atoms with Gasteiger partial charge in [0, 0.05) is 11.8 Å². The fourth-order valence-electron chi connectivity index (χ4n) is 3.09. The van der Waals surface area contributed by atoms with Gasteiger partial charge in [-0.15, -0.1) is 0 Å². The van der Waals surface area contributed by atoms with Gasteiger partial charge < -0.3 is 10.3 Å². The number of H-pyrrole nitrogens is 1. The van der Waals surface area contributed by atoms with E-state index in [4.69, 9.17) is 0 Å². The molecule has 29 heavy (non-hydrogen) atoms. The normalized spacial score (nSPS) is 11.9. The fourth-order valence-corrected chi connectivity index (χ4v) is 3.38. The van der Waals surface area contributed by atoms with E-state index in [9.17, 15) is 4.79 Å². The summed E-state index contributed by atoms with van der Waals surface area (Å²) in [7, 11) is 0. The Kier molecular flexibility index (Phi) is 5.57. The SMILES string of the molecule is CCC(NC(=O)c1ccc(-n2cc(Br)cn2)cc1)c1ncc(-c2ccccc2)[nH]1. The van der Waals surface area contributed by atoms with Gasteiger partial charge in [-0.2, -0.15) is 5.10 Å². The minimum atomic E-state index is -0.193. The lowest BCUT2D eigenvalue weighted by Crippen LogP contribution is -2.28. The summed E-state index contributed by atoms with van der Waals surface area (Å²) < 4.78 is 2.65. The number of rotatable bonds is 6. The van der Waals surface area contributed by atoms with E-state index in [1.165, 1.54) is 0 Å². The molecule has 2 N–H and O–H groups in total. The lowest BCUT2D eigenvalue weighted by atomic mass is 10.1. The van der Waals surface area contributed by atoms with Gasteiger partial charge in [-0.1, -0.05) is 37.3 Å². The van der Waals surface area contributed by atoms with Crippen LogP contribution in [-0.2, 0) is 0 Å². The molecule has 2 aromatic carbocycles. The molecular formula is C22H20BrN5O. The van der Waals surface area contributed by atoms with Crippen molar-refractivity contribution in [3.8, 4) is 16.9 Å². The maximum Gasteiger partial charge on any atom is 0.251 e. The van der Waals surface area contributed by atoms with Gasteiger partial charge >= 0.3 is 0 Å². The van der Waals surface area contributed by atoms with Crippen LogP contribution in [0.5, 0.6) is 0 Å². The van der Waals surface area contributed by atoms with Crippen molar-refractivity contribution in [3.63, 3.8) is 0 Å². The number of imidazole rings is 1. The molecule has 0 aliphatic heterocycles. The molecule has 2 heterocycles. The Morgan fingerprint density at radius 3 is 2.55 bits per heavy atom. The third-order valence-corrected chi connectivity index (χ3v) is 5.08.